The molecule has 30 heavy (non-hydrogen) atoms. The van der Waals surface area contributed by atoms with Gasteiger partial charge in [-0.15, -0.1) is 10.2 Å². The van der Waals surface area contributed by atoms with Crippen molar-refractivity contribution in [3.63, 3.8) is 0 Å². The molecule has 5 nitrogen and oxygen atoms in total. The Morgan fingerprint density at radius 1 is 1.07 bits per heavy atom. The largest absolute Gasteiger partial charge is 0.420 e. The number of nitrogens with zero attached hydrogens (tertiary/aromatic N) is 3. The van der Waals surface area contributed by atoms with Gasteiger partial charge in [-0.05, 0) is 48.6 Å². The summed E-state index contributed by atoms with van der Waals surface area (Å²) in [5.74, 6) is 0.543. The first-order valence-electron chi connectivity index (χ1n) is 9.51. The minimum Gasteiger partial charge on any atom is -0.420 e. The molecule has 1 fully saturated rings. The Morgan fingerprint density at radius 2 is 1.73 bits per heavy atom. The van der Waals surface area contributed by atoms with Crippen LogP contribution in [0.2, 0.25) is 0 Å². The van der Waals surface area contributed by atoms with Crippen LogP contribution in [0.3, 0.4) is 0 Å². The molecule has 0 unspecified atom stereocenters. The number of likely N-dealkylation sites (N-methyl/N-ethyl adjacent to an activating group) is 1. The normalized spacial score (nSPS) is 15.1. The third-order valence-corrected chi connectivity index (χ3v) is 5.32. The van der Waals surface area contributed by atoms with Gasteiger partial charge >= 0.3 is 6.18 Å². The fraction of sp³-hybridized carbons (Fsp3) is 0.318. The van der Waals surface area contributed by atoms with Crippen LogP contribution in [-0.2, 0) is 22.8 Å². The first-order valence-corrected chi connectivity index (χ1v) is 9.51. The number of halogens is 3. The minimum atomic E-state index is -4.36. The van der Waals surface area contributed by atoms with E-state index >= 15 is 0 Å². The van der Waals surface area contributed by atoms with E-state index in [4.69, 9.17) is 4.42 Å². The third kappa shape index (κ3) is 3.69. The molecule has 0 atom stereocenters. The fourth-order valence-electron chi connectivity index (χ4n) is 3.51. The summed E-state index contributed by atoms with van der Waals surface area (Å²) >= 11 is 0. The van der Waals surface area contributed by atoms with Gasteiger partial charge in [-0.2, -0.15) is 13.2 Å². The zero-order valence-electron chi connectivity index (χ0n) is 16.5. The maximum absolute atomic E-state index is 12.8. The van der Waals surface area contributed by atoms with Gasteiger partial charge < -0.3 is 9.32 Å². The van der Waals surface area contributed by atoms with Crippen LogP contribution >= 0.6 is 0 Å². The van der Waals surface area contributed by atoms with Crippen molar-refractivity contribution < 1.29 is 22.4 Å². The second kappa shape index (κ2) is 7.27. The molecule has 1 amide bonds. The molecule has 0 spiro atoms. The molecule has 4 rings (SSSR count). The molecule has 1 aliphatic carbocycles. The number of benzene rings is 2. The highest BCUT2D eigenvalue weighted by atomic mass is 19.4. The molecule has 0 N–H and O–H groups in total. The van der Waals surface area contributed by atoms with E-state index in [1.54, 1.807) is 14.1 Å². The van der Waals surface area contributed by atoms with Crippen LogP contribution in [0.25, 0.3) is 11.5 Å². The van der Waals surface area contributed by atoms with Crippen molar-refractivity contribution in [3.05, 3.63) is 71.1 Å². The monoisotopic (exact) mass is 415 g/mol. The van der Waals surface area contributed by atoms with Crippen LogP contribution < -0.4 is 0 Å². The Labute approximate surface area is 171 Å². The third-order valence-electron chi connectivity index (χ3n) is 5.32. The quantitative estimate of drug-likeness (QED) is 0.617. The van der Waals surface area contributed by atoms with Gasteiger partial charge in [0.15, 0.2) is 0 Å². The van der Waals surface area contributed by atoms with Crippen molar-refractivity contribution in [2.45, 2.75) is 30.9 Å². The Bertz CT molecular complexity index is 1070. The molecule has 0 aliphatic heterocycles. The molecule has 0 radical (unpaired) electrons. The van der Waals surface area contributed by atoms with Crippen molar-refractivity contribution >= 4 is 5.91 Å². The highest BCUT2D eigenvalue weighted by Crippen LogP contribution is 2.49. The molecule has 0 saturated heterocycles. The van der Waals surface area contributed by atoms with E-state index in [-0.39, 0.29) is 5.91 Å². The average molecular weight is 415 g/mol. The molecule has 1 heterocycles. The fourth-order valence-corrected chi connectivity index (χ4v) is 3.51. The number of hydrogen-bond acceptors (Lipinski definition) is 4. The summed E-state index contributed by atoms with van der Waals surface area (Å²) < 4.78 is 44.3. The molecule has 1 aromatic heterocycles. The van der Waals surface area contributed by atoms with Gasteiger partial charge in [-0.1, -0.05) is 30.3 Å². The van der Waals surface area contributed by atoms with Crippen molar-refractivity contribution in [2.75, 3.05) is 14.1 Å². The van der Waals surface area contributed by atoms with Gasteiger partial charge in [0.25, 0.3) is 0 Å². The molecule has 0 bridgehead atoms. The summed E-state index contributed by atoms with van der Waals surface area (Å²) in [7, 11) is 3.39. The van der Waals surface area contributed by atoms with E-state index < -0.39 is 17.2 Å². The first kappa shape index (κ1) is 20.1. The Hall–Kier alpha value is -3.16. The molecular formula is C22H20F3N3O2. The SMILES string of the molecule is CN(C)C(=O)C1(c2nnc(-c3ccccc3Cc3ccc(C(F)(F)F)cc3)o2)CC1. The maximum Gasteiger partial charge on any atom is 0.416 e. The number of carbonyl (C=O) groups is 1. The van der Waals surface area contributed by atoms with E-state index in [2.05, 4.69) is 10.2 Å². The van der Waals surface area contributed by atoms with E-state index in [0.29, 0.717) is 36.6 Å². The number of carbonyl (C=O) groups excluding carboxylic acids is 1. The van der Waals surface area contributed by atoms with E-state index in [1.165, 1.54) is 17.0 Å². The van der Waals surface area contributed by atoms with Gasteiger partial charge in [0.1, 0.15) is 5.41 Å². The number of hydrogen-bond donors (Lipinski definition) is 0. The lowest BCUT2D eigenvalue weighted by Crippen LogP contribution is -2.33. The Kier molecular flexibility index (Phi) is 4.88. The molecule has 1 saturated carbocycles. The number of alkyl halides is 3. The standard InChI is InChI=1S/C22H20F3N3O2/c1-28(2)20(29)21(11-12-21)19-27-26-18(30-19)17-6-4-3-5-15(17)13-14-7-9-16(10-8-14)22(23,24)25/h3-10H,11-13H2,1-2H3. The van der Waals surface area contributed by atoms with Crippen molar-refractivity contribution in [2.24, 2.45) is 0 Å². The summed E-state index contributed by atoms with van der Waals surface area (Å²) in [5.41, 5.74) is 0.857. The number of aromatic nitrogens is 2. The average Bonchev–Trinajstić information content (AvgIpc) is 3.37. The predicted octanol–water partition coefficient (Wildman–Crippen LogP) is 4.47. The van der Waals surface area contributed by atoms with E-state index in [0.717, 1.165) is 23.3 Å². The second-order valence-corrected chi connectivity index (χ2v) is 7.72. The number of rotatable bonds is 5. The van der Waals surface area contributed by atoms with Gasteiger partial charge in [0.05, 0.1) is 5.56 Å². The van der Waals surface area contributed by atoms with Crippen LogP contribution in [0.1, 0.15) is 35.4 Å². The second-order valence-electron chi connectivity index (χ2n) is 7.72. The van der Waals surface area contributed by atoms with Crippen LogP contribution in [-0.4, -0.2) is 35.1 Å². The summed E-state index contributed by atoms with van der Waals surface area (Å²) in [6.45, 7) is 0. The van der Waals surface area contributed by atoms with Gasteiger partial charge in [-0.3, -0.25) is 4.79 Å². The first-order chi connectivity index (χ1) is 14.2. The van der Waals surface area contributed by atoms with Crippen molar-refractivity contribution in [1.29, 1.82) is 0 Å². The number of amides is 1. The lowest BCUT2D eigenvalue weighted by Gasteiger charge is -2.16. The molecule has 1 aliphatic rings. The van der Waals surface area contributed by atoms with Gasteiger partial charge in [-0.25, -0.2) is 0 Å². The molecule has 3 aromatic rings. The van der Waals surface area contributed by atoms with Gasteiger partial charge in [0, 0.05) is 19.7 Å². The van der Waals surface area contributed by atoms with Crippen LogP contribution in [0, 0.1) is 0 Å². The van der Waals surface area contributed by atoms with Crippen LogP contribution in [0.5, 0.6) is 0 Å². The van der Waals surface area contributed by atoms with E-state index in [9.17, 15) is 18.0 Å². The lowest BCUT2D eigenvalue weighted by atomic mass is 9.99. The summed E-state index contributed by atoms with van der Waals surface area (Å²) in [6, 6.07) is 12.4. The minimum absolute atomic E-state index is 0.0595. The van der Waals surface area contributed by atoms with Crippen molar-refractivity contribution in [3.8, 4) is 11.5 Å². The zero-order valence-corrected chi connectivity index (χ0v) is 16.5. The summed E-state index contributed by atoms with van der Waals surface area (Å²) in [5, 5.41) is 8.27. The lowest BCUT2D eigenvalue weighted by molar-refractivity contribution is -0.137. The highest BCUT2D eigenvalue weighted by Gasteiger charge is 2.56. The van der Waals surface area contributed by atoms with Crippen molar-refractivity contribution in [1.82, 2.24) is 15.1 Å². The van der Waals surface area contributed by atoms with E-state index in [1.807, 2.05) is 24.3 Å². The zero-order chi connectivity index (χ0) is 21.5. The molecule has 2 aromatic carbocycles. The molecule has 156 valence electrons. The summed E-state index contributed by atoms with van der Waals surface area (Å²) in [4.78, 5) is 14.0. The van der Waals surface area contributed by atoms with Crippen LogP contribution in [0.4, 0.5) is 13.2 Å². The molecular weight excluding hydrogens is 395 g/mol. The predicted molar refractivity (Wildman–Crippen MR) is 104 cm³/mol. The smallest absolute Gasteiger partial charge is 0.416 e. The Balaban J connectivity index is 1.61. The van der Waals surface area contributed by atoms with Crippen LogP contribution in [0.15, 0.2) is 52.9 Å². The molecule has 8 heteroatoms. The Morgan fingerprint density at radius 3 is 2.33 bits per heavy atom. The highest BCUT2D eigenvalue weighted by molar-refractivity contribution is 5.89. The maximum atomic E-state index is 12.8. The summed E-state index contributed by atoms with van der Waals surface area (Å²) in [6.07, 6.45) is -2.62. The van der Waals surface area contributed by atoms with Gasteiger partial charge in [0.2, 0.25) is 17.7 Å². The topological polar surface area (TPSA) is 59.2 Å².